The fourth-order valence-electron chi connectivity index (χ4n) is 1.75. The van der Waals surface area contributed by atoms with E-state index in [9.17, 15) is 18.0 Å². The number of nitrogens with one attached hydrogen (secondary N) is 1. The van der Waals surface area contributed by atoms with Gasteiger partial charge in [0.1, 0.15) is 0 Å². The van der Waals surface area contributed by atoms with Crippen molar-refractivity contribution in [3.8, 4) is 0 Å². The number of rotatable bonds is 3. The number of halogens is 4. The lowest BCUT2D eigenvalue weighted by molar-refractivity contribution is -0.137. The zero-order chi connectivity index (χ0) is 15.6. The van der Waals surface area contributed by atoms with Gasteiger partial charge in [0.15, 0.2) is 11.0 Å². The van der Waals surface area contributed by atoms with E-state index in [1.165, 1.54) is 24.3 Å². The Balaban J connectivity index is 2.06. The third-order valence-corrected chi connectivity index (χ3v) is 3.09. The molecule has 1 aromatic carbocycles. The van der Waals surface area contributed by atoms with Crippen molar-refractivity contribution < 1.29 is 22.4 Å². The summed E-state index contributed by atoms with van der Waals surface area (Å²) in [7, 11) is 0. The quantitative estimate of drug-likeness (QED) is 0.909. The summed E-state index contributed by atoms with van der Waals surface area (Å²) < 4.78 is 42.3. The molecular weight excluding hydrogens is 307 g/mol. The van der Waals surface area contributed by atoms with Crippen molar-refractivity contribution in [3.63, 3.8) is 0 Å². The van der Waals surface area contributed by atoms with Crippen LogP contribution in [0.1, 0.15) is 34.6 Å². The van der Waals surface area contributed by atoms with E-state index < -0.39 is 23.7 Å². The maximum Gasteiger partial charge on any atom is 0.416 e. The van der Waals surface area contributed by atoms with Crippen LogP contribution in [0.25, 0.3) is 0 Å². The maximum absolute atomic E-state index is 12.5. The molecule has 1 N–H and O–H groups in total. The molecule has 3 nitrogen and oxygen atoms in total. The van der Waals surface area contributed by atoms with Crippen LogP contribution >= 0.6 is 11.6 Å². The molecule has 0 bridgehead atoms. The Hall–Kier alpha value is -1.95. The molecule has 0 spiro atoms. The Labute approximate surface area is 123 Å². The number of hydrogen-bond acceptors (Lipinski definition) is 2. The largest absolute Gasteiger partial charge is 0.440 e. The molecule has 0 radical (unpaired) electrons. The summed E-state index contributed by atoms with van der Waals surface area (Å²) in [6.07, 6.45) is -4.38. The van der Waals surface area contributed by atoms with Gasteiger partial charge in [0, 0.05) is 0 Å². The van der Waals surface area contributed by atoms with E-state index >= 15 is 0 Å². The monoisotopic (exact) mass is 317 g/mol. The maximum atomic E-state index is 12.5. The summed E-state index contributed by atoms with van der Waals surface area (Å²) in [6.45, 7) is 1.66. The highest BCUT2D eigenvalue weighted by molar-refractivity contribution is 6.29. The lowest BCUT2D eigenvalue weighted by Crippen LogP contribution is -2.26. The average molecular weight is 318 g/mol. The number of amides is 1. The van der Waals surface area contributed by atoms with Gasteiger partial charge < -0.3 is 9.73 Å². The predicted octanol–water partition coefficient (Wildman–Crippen LogP) is 4.44. The highest BCUT2D eigenvalue weighted by atomic mass is 35.5. The van der Waals surface area contributed by atoms with Crippen molar-refractivity contribution >= 4 is 17.5 Å². The van der Waals surface area contributed by atoms with Crippen molar-refractivity contribution in [2.24, 2.45) is 0 Å². The van der Waals surface area contributed by atoms with Crippen molar-refractivity contribution in [1.29, 1.82) is 0 Å². The molecule has 0 fully saturated rings. The van der Waals surface area contributed by atoms with Gasteiger partial charge >= 0.3 is 6.18 Å². The Bertz CT molecular complexity index is 634. The molecule has 0 aliphatic rings. The molecule has 1 heterocycles. The van der Waals surface area contributed by atoms with Gasteiger partial charge in [-0.25, -0.2) is 0 Å². The fourth-order valence-corrected chi connectivity index (χ4v) is 1.89. The molecule has 1 atom stereocenters. The summed E-state index contributed by atoms with van der Waals surface area (Å²) in [5, 5.41) is 2.70. The second-order valence-electron chi connectivity index (χ2n) is 4.42. The van der Waals surface area contributed by atoms with E-state index in [1.807, 2.05) is 0 Å². The molecule has 21 heavy (non-hydrogen) atoms. The molecule has 7 heteroatoms. The van der Waals surface area contributed by atoms with E-state index in [2.05, 4.69) is 5.32 Å². The number of hydrogen-bond donors (Lipinski definition) is 1. The van der Waals surface area contributed by atoms with Crippen LogP contribution in [-0.2, 0) is 6.18 Å². The lowest BCUT2D eigenvalue weighted by Gasteiger charge is -2.14. The molecule has 1 aromatic heterocycles. The third kappa shape index (κ3) is 3.78. The van der Waals surface area contributed by atoms with Gasteiger partial charge in [-0.3, -0.25) is 4.79 Å². The van der Waals surface area contributed by atoms with Gasteiger partial charge in [0.2, 0.25) is 0 Å². The predicted molar refractivity (Wildman–Crippen MR) is 71.0 cm³/mol. The molecule has 0 unspecified atom stereocenters. The molecule has 0 saturated carbocycles. The third-order valence-electron chi connectivity index (χ3n) is 2.88. The summed E-state index contributed by atoms with van der Waals surface area (Å²) >= 11 is 5.56. The first-order valence-corrected chi connectivity index (χ1v) is 6.38. The van der Waals surface area contributed by atoms with Crippen molar-refractivity contribution in [2.75, 3.05) is 0 Å². The standard InChI is InChI=1S/C14H11ClF3NO2/c1-8(19-13(20)11-6-7-12(15)21-11)9-2-4-10(5-3-9)14(16,17)18/h2-8H,1H3,(H,19,20)/t8-/m0/s1. The second kappa shape index (κ2) is 5.81. The smallest absolute Gasteiger partial charge is 0.416 e. The van der Waals surface area contributed by atoms with Gasteiger partial charge in [0.05, 0.1) is 11.6 Å². The first-order chi connectivity index (χ1) is 9.77. The van der Waals surface area contributed by atoms with E-state index in [4.69, 9.17) is 16.0 Å². The van der Waals surface area contributed by atoms with Crippen LogP contribution in [0.4, 0.5) is 13.2 Å². The van der Waals surface area contributed by atoms with E-state index in [1.54, 1.807) is 6.92 Å². The van der Waals surface area contributed by atoms with E-state index in [-0.39, 0.29) is 11.0 Å². The minimum absolute atomic E-state index is 0.0405. The summed E-state index contributed by atoms with van der Waals surface area (Å²) in [5.74, 6) is -0.451. The topological polar surface area (TPSA) is 42.2 Å². The minimum atomic E-state index is -4.38. The highest BCUT2D eigenvalue weighted by Gasteiger charge is 2.30. The van der Waals surface area contributed by atoms with Crippen molar-refractivity contribution in [1.82, 2.24) is 5.32 Å². The molecular formula is C14H11ClF3NO2. The van der Waals surface area contributed by atoms with Gasteiger partial charge in [0.25, 0.3) is 5.91 Å². The van der Waals surface area contributed by atoms with E-state index in [0.717, 1.165) is 12.1 Å². The molecule has 0 aliphatic heterocycles. The van der Waals surface area contributed by atoms with Gasteiger partial charge in [-0.1, -0.05) is 12.1 Å². The Morgan fingerprint density at radius 2 is 1.81 bits per heavy atom. The zero-order valence-electron chi connectivity index (χ0n) is 10.9. The Morgan fingerprint density at radius 1 is 1.19 bits per heavy atom. The van der Waals surface area contributed by atoms with Crippen LogP contribution in [0.2, 0.25) is 5.22 Å². The molecule has 0 saturated heterocycles. The first kappa shape index (κ1) is 15.4. The number of carbonyl (C=O) groups is 1. The summed E-state index contributed by atoms with van der Waals surface area (Å²) in [4.78, 5) is 11.8. The number of benzene rings is 1. The van der Waals surface area contributed by atoms with Crippen LogP contribution in [0.15, 0.2) is 40.8 Å². The second-order valence-corrected chi connectivity index (χ2v) is 4.79. The SMILES string of the molecule is C[C@H](NC(=O)c1ccc(Cl)o1)c1ccc(C(F)(F)F)cc1. The van der Waals surface area contributed by atoms with E-state index in [0.29, 0.717) is 5.56 Å². The van der Waals surface area contributed by atoms with Crippen LogP contribution in [-0.4, -0.2) is 5.91 Å². The molecule has 2 rings (SSSR count). The highest BCUT2D eigenvalue weighted by Crippen LogP contribution is 2.29. The van der Waals surface area contributed by atoms with Crippen LogP contribution in [0.5, 0.6) is 0 Å². The molecule has 112 valence electrons. The Kier molecular flexibility index (Phi) is 4.27. The normalized spacial score (nSPS) is 13.0. The van der Waals surface area contributed by atoms with Crippen LogP contribution < -0.4 is 5.32 Å². The molecule has 0 aliphatic carbocycles. The van der Waals surface area contributed by atoms with Crippen molar-refractivity contribution in [2.45, 2.75) is 19.1 Å². The van der Waals surface area contributed by atoms with Gasteiger partial charge in [-0.15, -0.1) is 0 Å². The summed E-state index contributed by atoms with van der Waals surface area (Å²) in [5.41, 5.74) is -0.184. The number of alkyl halides is 3. The molecule has 2 aromatic rings. The molecule has 1 amide bonds. The van der Waals surface area contributed by atoms with Crippen LogP contribution in [0, 0.1) is 0 Å². The lowest BCUT2D eigenvalue weighted by atomic mass is 10.1. The number of furan rings is 1. The minimum Gasteiger partial charge on any atom is -0.440 e. The zero-order valence-corrected chi connectivity index (χ0v) is 11.6. The first-order valence-electron chi connectivity index (χ1n) is 6.01. The summed E-state index contributed by atoms with van der Waals surface area (Å²) in [6, 6.07) is 6.97. The average Bonchev–Trinajstić information content (AvgIpc) is 2.84. The van der Waals surface area contributed by atoms with Gasteiger partial charge in [-0.2, -0.15) is 13.2 Å². The van der Waals surface area contributed by atoms with Gasteiger partial charge in [-0.05, 0) is 48.4 Å². The number of carbonyl (C=O) groups excluding carboxylic acids is 1. The fraction of sp³-hybridized carbons (Fsp3) is 0.214. The Morgan fingerprint density at radius 3 is 2.29 bits per heavy atom. The van der Waals surface area contributed by atoms with Crippen LogP contribution in [0.3, 0.4) is 0 Å². The van der Waals surface area contributed by atoms with Crippen molar-refractivity contribution in [3.05, 3.63) is 58.5 Å².